The molecule has 0 radical (unpaired) electrons. The molecule has 1 atom stereocenters. The van der Waals surface area contributed by atoms with Crippen LogP contribution in [0, 0.1) is 0 Å². The van der Waals surface area contributed by atoms with Crippen molar-refractivity contribution in [3.05, 3.63) is 187 Å². The highest BCUT2D eigenvalue weighted by Crippen LogP contribution is 2.54. The number of fused-ring (bicyclic) bond motifs is 10. The smallest absolute Gasteiger partial charge is 0.0774 e. The zero-order chi connectivity index (χ0) is 31.6. The number of para-hydroxylation sites is 5. The van der Waals surface area contributed by atoms with E-state index in [0.717, 1.165) is 22.7 Å². The van der Waals surface area contributed by atoms with Gasteiger partial charge in [0.15, 0.2) is 0 Å². The summed E-state index contributed by atoms with van der Waals surface area (Å²) in [6.07, 6.45) is 0. The zero-order valence-electron chi connectivity index (χ0n) is 26.2. The number of hydrogen-bond donors (Lipinski definition) is 1. The number of anilines is 4. The van der Waals surface area contributed by atoms with Crippen molar-refractivity contribution in [1.82, 2.24) is 4.57 Å². The Labute approximate surface area is 280 Å². The van der Waals surface area contributed by atoms with Crippen LogP contribution in [0.2, 0.25) is 0 Å². The molecule has 7 aromatic carbocycles. The molecule has 0 aliphatic carbocycles. The van der Waals surface area contributed by atoms with Crippen molar-refractivity contribution in [3.8, 4) is 39.2 Å². The third kappa shape index (κ3) is 3.94. The second kappa shape index (κ2) is 10.6. The van der Waals surface area contributed by atoms with Crippen LogP contribution in [0.3, 0.4) is 0 Å². The van der Waals surface area contributed by atoms with E-state index in [1.807, 2.05) is 0 Å². The van der Waals surface area contributed by atoms with Crippen LogP contribution < -0.4 is 10.2 Å². The minimum Gasteiger partial charge on any atom is -0.374 e. The van der Waals surface area contributed by atoms with Crippen molar-refractivity contribution < 1.29 is 0 Å². The lowest BCUT2D eigenvalue weighted by Crippen LogP contribution is -2.18. The third-order valence-electron chi connectivity index (χ3n) is 9.95. The molecular formula is C45H31N3. The molecule has 3 nitrogen and oxygen atoms in total. The molecule has 3 heterocycles. The lowest BCUT2D eigenvalue weighted by molar-refractivity contribution is 0.929. The Bertz CT molecular complexity index is 2510. The molecule has 0 spiro atoms. The van der Waals surface area contributed by atoms with Crippen LogP contribution in [0.25, 0.3) is 50.1 Å². The first-order valence-corrected chi connectivity index (χ1v) is 16.6. The largest absolute Gasteiger partial charge is 0.374 e. The fourth-order valence-electron chi connectivity index (χ4n) is 7.95. The Morgan fingerprint density at radius 2 is 1.08 bits per heavy atom. The van der Waals surface area contributed by atoms with E-state index in [0.29, 0.717) is 0 Å². The summed E-state index contributed by atoms with van der Waals surface area (Å²) < 4.78 is 2.44. The molecule has 3 heteroatoms. The van der Waals surface area contributed by atoms with E-state index >= 15 is 0 Å². The number of aromatic nitrogens is 1. The molecule has 1 N–H and O–H groups in total. The van der Waals surface area contributed by atoms with Crippen molar-refractivity contribution >= 4 is 33.7 Å². The Morgan fingerprint density at radius 1 is 0.458 bits per heavy atom. The van der Waals surface area contributed by atoms with Gasteiger partial charge in [0.1, 0.15) is 0 Å². The van der Waals surface area contributed by atoms with Gasteiger partial charge in [0.2, 0.25) is 0 Å². The van der Waals surface area contributed by atoms with Gasteiger partial charge in [-0.25, -0.2) is 0 Å². The van der Waals surface area contributed by atoms with Gasteiger partial charge in [0.25, 0.3) is 0 Å². The maximum atomic E-state index is 3.88. The van der Waals surface area contributed by atoms with Crippen LogP contribution in [0.15, 0.2) is 176 Å². The predicted molar refractivity (Wildman–Crippen MR) is 200 cm³/mol. The van der Waals surface area contributed by atoms with Gasteiger partial charge < -0.3 is 14.8 Å². The van der Waals surface area contributed by atoms with Crippen molar-refractivity contribution in [2.24, 2.45) is 0 Å². The molecule has 2 aliphatic heterocycles. The van der Waals surface area contributed by atoms with Crippen LogP contribution in [0.4, 0.5) is 22.7 Å². The lowest BCUT2D eigenvalue weighted by atomic mass is 9.86. The van der Waals surface area contributed by atoms with E-state index in [-0.39, 0.29) is 6.04 Å². The number of rotatable bonds is 3. The highest BCUT2D eigenvalue weighted by atomic mass is 15.2. The van der Waals surface area contributed by atoms with E-state index in [1.54, 1.807) is 0 Å². The zero-order valence-corrected chi connectivity index (χ0v) is 26.2. The van der Waals surface area contributed by atoms with Crippen LogP contribution in [-0.4, -0.2) is 4.57 Å². The Balaban J connectivity index is 1.22. The predicted octanol–water partition coefficient (Wildman–Crippen LogP) is 11.9. The van der Waals surface area contributed by atoms with E-state index in [1.165, 1.54) is 61.2 Å². The second-order valence-electron chi connectivity index (χ2n) is 12.6. The fraction of sp³-hybridized carbons (Fsp3) is 0.0222. The molecule has 1 aromatic heterocycles. The van der Waals surface area contributed by atoms with Crippen LogP contribution in [0.5, 0.6) is 0 Å². The SMILES string of the molecule is c1ccc(-n2c3c(c4ccccc42)-c2ccccc2N(c2cccc(C4Nc5ccccc5-c5ccccc54)c2)c2ccccc2-3)cc1. The van der Waals surface area contributed by atoms with Crippen molar-refractivity contribution in [2.75, 3.05) is 10.2 Å². The first kappa shape index (κ1) is 26.9. The number of benzene rings is 7. The monoisotopic (exact) mass is 613 g/mol. The van der Waals surface area contributed by atoms with Crippen LogP contribution >= 0.6 is 0 Å². The lowest BCUT2D eigenvalue weighted by Gasteiger charge is -2.32. The van der Waals surface area contributed by atoms with Gasteiger partial charge in [-0.15, -0.1) is 0 Å². The molecule has 0 saturated carbocycles. The summed E-state index contributed by atoms with van der Waals surface area (Å²) in [4.78, 5) is 2.46. The van der Waals surface area contributed by atoms with Crippen molar-refractivity contribution in [1.29, 1.82) is 0 Å². The summed E-state index contributed by atoms with van der Waals surface area (Å²) in [5.41, 5.74) is 16.9. The molecule has 0 saturated heterocycles. The quantitative estimate of drug-likeness (QED) is 0.214. The van der Waals surface area contributed by atoms with E-state index in [4.69, 9.17) is 0 Å². The molecule has 0 amide bonds. The Hall–Kier alpha value is -6.32. The average Bonchev–Trinajstić information content (AvgIpc) is 3.44. The minimum atomic E-state index is 0.0251. The number of nitrogens with zero attached hydrogens (tertiary/aromatic N) is 2. The molecule has 2 aliphatic rings. The van der Waals surface area contributed by atoms with Gasteiger partial charge in [-0.05, 0) is 65.2 Å². The average molecular weight is 614 g/mol. The molecule has 8 aromatic rings. The molecule has 0 fully saturated rings. The van der Waals surface area contributed by atoms with E-state index in [9.17, 15) is 0 Å². The van der Waals surface area contributed by atoms with Crippen molar-refractivity contribution in [3.63, 3.8) is 0 Å². The highest BCUT2D eigenvalue weighted by molar-refractivity contribution is 6.13. The molecule has 0 bridgehead atoms. The summed E-state index contributed by atoms with van der Waals surface area (Å²) in [6.45, 7) is 0. The Morgan fingerprint density at radius 3 is 1.94 bits per heavy atom. The van der Waals surface area contributed by atoms with Gasteiger partial charge >= 0.3 is 0 Å². The topological polar surface area (TPSA) is 20.2 Å². The summed E-state index contributed by atoms with van der Waals surface area (Å²) in [6, 6.07) is 63.9. The summed E-state index contributed by atoms with van der Waals surface area (Å²) >= 11 is 0. The van der Waals surface area contributed by atoms with Gasteiger partial charge in [0.05, 0.1) is 28.6 Å². The molecular weight excluding hydrogens is 583 g/mol. The van der Waals surface area contributed by atoms with Crippen LogP contribution in [-0.2, 0) is 0 Å². The standard InChI is InChI=1S/C45H31N3/c1-2-16-31(17-3-1)48-41-27-12-8-23-37(41)43-36-22-7-11-26-40(36)47(42-28-13-9-24-38(42)45(43)48)32-18-14-15-30(29-32)44-35-21-5-4-19-33(35)34-20-6-10-25-39(34)46-44/h1-29,44,46H. The maximum Gasteiger partial charge on any atom is 0.0774 e. The highest BCUT2D eigenvalue weighted by Gasteiger charge is 2.32. The molecule has 48 heavy (non-hydrogen) atoms. The third-order valence-corrected chi connectivity index (χ3v) is 9.95. The number of nitrogens with one attached hydrogen (secondary N) is 1. The summed E-state index contributed by atoms with van der Waals surface area (Å²) in [7, 11) is 0. The summed E-state index contributed by atoms with van der Waals surface area (Å²) in [5.74, 6) is 0. The normalized spacial score (nSPS) is 14.2. The molecule has 1 unspecified atom stereocenters. The van der Waals surface area contributed by atoms with E-state index < -0.39 is 0 Å². The van der Waals surface area contributed by atoms with Gasteiger partial charge in [-0.1, -0.05) is 127 Å². The van der Waals surface area contributed by atoms with Gasteiger partial charge in [-0.3, -0.25) is 0 Å². The second-order valence-corrected chi connectivity index (χ2v) is 12.6. The van der Waals surface area contributed by atoms with E-state index in [2.05, 4.69) is 191 Å². The number of hydrogen-bond acceptors (Lipinski definition) is 2. The first-order valence-electron chi connectivity index (χ1n) is 16.6. The van der Waals surface area contributed by atoms with Crippen molar-refractivity contribution in [2.45, 2.75) is 6.04 Å². The fourth-order valence-corrected chi connectivity index (χ4v) is 7.95. The van der Waals surface area contributed by atoms with Gasteiger partial charge in [-0.2, -0.15) is 0 Å². The maximum absolute atomic E-state index is 3.88. The molecule has 10 rings (SSSR count). The Kier molecular flexibility index (Phi) is 5.94. The first-order chi connectivity index (χ1) is 23.8. The molecule has 226 valence electrons. The summed E-state index contributed by atoms with van der Waals surface area (Å²) in [5, 5.41) is 5.13. The van der Waals surface area contributed by atoms with Gasteiger partial charge in [0, 0.05) is 44.7 Å². The minimum absolute atomic E-state index is 0.0251. The van der Waals surface area contributed by atoms with Crippen LogP contribution in [0.1, 0.15) is 17.2 Å².